The first-order valence-corrected chi connectivity index (χ1v) is 6.07. The largest absolute Gasteiger partial charge is 0 e. The standard InChI is InChI=1S/C13H16O.3CO.Fe/c14-13(10-9-11-5-4-6-11)12-7-2-1-3-8-12;3*1-2;/h4-7H,1-3,8-10H2;;;;. The summed E-state index contributed by atoms with van der Waals surface area (Å²) in [6.45, 7) is 13.5. The van der Waals surface area contributed by atoms with Gasteiger partial charge in [0.25, 0.3) is 0 Å². The van der Waals surface area contributed by atoms with Crippen molar-refractivity contribution in [3.63, 3.8) is 0 Å². The van der Waals surface area contributed by atoms with E-state index in [2.05, 4.69) is 38.2 Å². The Hall–Kier alpha value is -1.37. The summed E-state index contributed by atoms with van der Waals surface area (Å²) in [6, 6.07) is 0. The number of allylic oxidation sites excluding steroid dienone is 6. The number of rotatable bonds is 4. The average molecular weight is 328 g/mol. The van der Waals surface area contributed by atoms with E-state index in [1.165, 1.54) is 18.4 Å². The fraction of sp³-hybridized carbons (Fsp3) is 0.375. The molecule has 0 N–H and O–H groups in total. The van der Waals surface area contributed by atoms with Gasteiger partial charge in [-0.1, -0.05) is 24.3 Å². The van der Waals surface area contributed by atoms with E-state index in [1.54, 1.807) is 0 Å². The Bertz CT molecular complexity index is 425. The second-order valence-corrected chi connectivity index (χ2v) is 4.00. The van der Waals surface area contributed by atoms with Gasteiger partial charge in [-0.05, 0) is 43.3 Å². The third-order valence-corrected chi connectivity index (χ3v) is 2.91. The van der Waals surface area contributed by atoms with Gasteiger partial charge in [0.15, 0.2) is 5.78 Å². The molecule has 112 valence electrons. The Labute approximate surface area is 136 Å². The van der Waals surface area contributed by atoms with Crippen LogP contribution in [0.25, 0.3) is 0 Å². The van der Waals surface area contributed by atoms with Crippen molar-refractivity contribution in [3.8, 4) is 0 Å². The fourth-order valence-electron chi connectivity index (χ4n) is 1.91. The fourth-order valence-corrected chi connectivity index (χ4v) is 1.91. The summed E-state index contributed by atoms with van der Waals surface area (Å²) < 4.78 is 22.5. The van der Waals surface area contributed by atoms with Crippen molar-refractivity contribution in [2.45, 2.75) is 38.5 Å². The molecule has 21 heavy (non-hydrogen) atoms. The maximum absolute atomic E-state index is 11.7. The van der Waals surface area contributed by atoms with E-state index >= 15 is 0 Å². The molecule has 0 radical (unpaired) electrons. The Balaban J connectivity index is -0.000000414. The molecule has 0 saturated heterocycles. The molecule has 0 spiro atoms. The van der Waals surface area contributed by atoms with Gasteiger partial charge in [-0.2, -0.15) is 0 Å². The smallest absolute Gasteiger partial charge is 0 e. The van der Waals surface area contributed by atoms with E-state index in [9.17, 15) is 4.79 Å². The van der Waals surface area contributed by atoms with E-state index in [0.29, 0.717) is 12.2 Å². The van der Waals surface area contributed by atoms with Gasteiger partial charge < -0.3 is 0 Å². The molecule has 0 fully saturated rings. The van der Waals surface area contributed by atoms with Crippen molar-refractivity contribution in [2.24, 2.45) is 0 Å². The van der Waals surface area contributed by atoms with Gasteiger partial charge in [0.2, 0.25) is 0 Å². The Morgan fingerprint density at radius 3 is 2.05 bits per heavy atom. The first-order valence-electron chi connectivity index (χ1n) is 6.07. The van der Waals surface area contributed by atoms with Crippen LogP contribution in [-0.4, -0.2) is 5.78 Å². The molecule has 4 nitrogen and oxygen atoms in total. The van der Waals surface area contributed by atoms with E-state index in [1.807, 2.05) is 6.08 Å². The van der Waals surface area contributed by atoms with Gasteiger partial charge in [-0.3, -0.25) is 4.79 Å². The number of Topliss-reactive ketones (excluding diaryl/α,β-unsaturated/α-hetero) is 1. The predicted molar refractivity (Wildman–Crippen MR) is 69.8 cm³/mol. The summed E-state index contributed by atoms with van der Waals surface area (Å²) in [4.78, 5) is 11.7. The van der Waals surface area contributed by atoms with Crippen molar-refractivity contribution in [3.05, 3.63) is 55.4 Å². The van der Waals surface area contributed by atoms with Crippen LogP contribution in [0.3, 0.4) is 0 Å². The van der Waals surface area contributed by atoms with Crippen LogP contribution in [-0.2, 0) is 35.8 Å². The monoisotopic (exact) mass is 328 g/mol. The normalized spacial score (nSPS) is 13.4. The van der Waals surface area contributed by atoms with E-state index in [-0.39, 0.29) is 17.1 Å². The molecule has 2 aliphatic carbocycles. The van der Waals surface area contributed by atoms with Crippen LogP contribution in [0.5, 0.6) is 0 Å². The summed E-state index contributed by atoms with van der Waals surface area (Å²) in [7, 11) is 0. The van der Waals surface area contributed by atoms with Crippen LogP contribution in [0.15, 0.2) is 35.5 Å². The van der Waals surface area contributed by atoms with Gasteiger partial charge in [-0.25, -0.2) is 0 Å². The summed E-state index contributed by atoms with van der Waals surface area (Å²) in [5.74, 6) is 0.367. The van der Waals surface area contributed by atoms with Crippen LogP contribution in [0.1, 0.15) is 38.5 Å². The molecule has 0 bridgehead atoms. The first-order chi connectivity index (χ1) is 9.86. The summed E-state index contributed by atoms with van der Waals surface area (Å²) in [5, 5.41) is 0. The Morgan fingerprint density at radius 1 is 1.10 bits per heavy atom. The number of carbonyl (C=O) groups is 1. The maximum atomic E-state index is 11.7. The Morgan fingerprint density at radius 2 is 1.67 bits per heavy atom. The second-order valence-electron chi connectivity index (χ2n) is 4.00. The molecule has 0 unspecified atom stereocenters. The van der Waals surface area contributed by atoms with Gasteiger partial charge in [0.1, 0.15) is 0 Å². The molecular formula is C16H16FeO4. The van der Waals surface area contributed by atoms with Gasteiger partial charge in [-0.15, -0.1) is 0 Å². The molecule has 5 heteroatoms. The summed E-state index contributed by atoms with van der Waals surface area (Å²) in [6.07, 6.45) is 14.5. The zero-order valence-electron chi connectivity index (χ0n) is 11.5. The van der Waals surface area contributed by atoms with Crippen molar-refractivity contribution in [1.82, 2.24) is 0 Å². The summed E-state index contributed by atoms with van der Waals surface area (Å²) in [5.41, 5.74) is 2.40. The quantitative estimate of drug-likeness (QED) is 0.443. The molecule has 0 aromatic heterocycles. The molecule has 0 saturated carbocycles. The topological polar surface area (TPSA) is 76.8 Å². The molecule has 0 aliphatic heterocycles. The molecule has 0 amide bonds. The first kappa shape index (κ1) is 24.6. The van der Waals surface area contributed by atoms with Crippen molar-refractivity contribution < 1.29 is 35.8 Å². The third-order valence-electron chi connectivity index (χ3n) is 2.91. The minimum Gasteiger partial charge on any atom is 0 e. The minimum atomic E-state index is 0. The number of ketones is 1. The minimum absolute atomic E-state index is 0. The molecule has 0 heterocycles. The van der Waals surface area contributed by atoms with Crippen molar-refractivity contribution >= 4 is 5.78 Å². The zero-order valence-corrected chi connectivity index (χ0v) is 12.6. The van der Waals surface area contributed by atoms with Crippen LogP contribution < -0.4 is 0 Å². The molecule has 0 aromatic carbocycles. The zero-order chi connectivity index (χ0) is 15.8. The molecule has 0 aromatic rings. The molecule has 0 atom stereocenters. The van der Waals surface area contributed by atoms with Crippen LogP contribution in [0.2, 0.25) is 0 Å². The number of hydrogen-bond acceptors (Lipinski definition) is 1. The molecule has 2 rings (SSSR count). The SMILES string of the molecule is O=C(CCC1=CC=C1)C1=CCCCC1.[C-]#[O+].[C-]#[O+].[C-]#[O+].[Fe]. The molecular weight excluding hydrogens is 312 g/mol. The van der Waals surface area contributed by atoms with Crippen molar-refractivity contribution in [2.75, 3.05) is 0 Å². The van der Waals surface area contributed by atoms with E-state index < -0.39 is 0 Å². The second kappa shape index (κ2) is 18.6. The van der Waals surface area contributed by atoms with Crippen LogP contribution >= 0.6 is 0 Å². The van der Waals surface area contributed by atoms with Gasteiger partial charge in [0.05, 0.1) is 0 Å². The van der Waals surface area contributed by atoms with Crippen LogP contribution in [0.4, 0.5) is 0 Å². The van der Waals surface area contributed by atoms with Crippen molar-refractivity contribution in [1.29, 1.82) is 0 Å². The summed E-state index contributed by atoms with van der Waals surface area (Å²) >= 11 is 0. The molecule has 2 aliphatic rings. The maximum Gasteiger partial charge on any atom is 0 e. The third kappa shape index (κ3) is 11.0. The van der Waals surface area contributed by atoms with Crippen LogP contribution in [0, 0.1) is 20.0 Å². The number of carbonyl (C=O) groups excluding carboxylic acids is 1. The Kier molecular flexibility index (Phi) is 21.9. The number of hydrogen-bond donors (Lipinski definition) is 0. The predicted octanol–water partition coefficient (Wildman–Crippen LogP) is 3.22. The van der Waals surface area contributed by atoms with E-state index in [4.69, 9.17) is 14.0 Å². The van der Waals surface area contributed by atoms with Gasteiger partial charge >= 0.3 is 33.9 Å². The van der Waals surface area contributed by atoms with E-state index in [0.717, 1.165) is 24.8 Å². The average Bonchev–Trinajstić information content (AvgIpc) is 2.52. The van der Waals surface area contributed by atoms with Gasteiger partial charge in [0, 0.05) is 23.5 Å².